The third-order valence-corrected chi connectivity index (χ3v) is 2.19. The van der Waals surface area contributed by atoms with E-state index in [-0.39, 0.29) is 11.9 Å². The number of benzene rings is 1. The predicted molar refractivity (Wildman–Crippen MR) is 68.7 cm³/mol. The maximum atomic E-state index is 11.5. The zero-order valence-corrected chi connectivity index (χ0v) is 10.9. The molecule has 0 atom stereocenters. The molecule has 1 amide bonds. The molecule has 0 unspecified atom stereocenters. The lowest BCUT2D eigenvalue weighted by Gasteiger charge is -2.08. The molecule has 1 aromatic carbocycles. The highest BCUT2D eigenvalue weighted by Crippen LogP contribution is 2.10. The summed E-state index contributed by atoms with van der Waals surface area (Å²) in [6, 6.07) is 6.65. The fraction of sp³-hybridized carbons (Fsp3) is 0.385. The van der Waals surface area contributed by atoms with Gasteiger partial charge in [0.1, 0.15) is 0 Å². The van der Waals surface area contributed by atoms with Crippen LogP contribution in [0.25, 0.3) is 0 Å². The van der Waals surface area contributed by atoms with Gasteiger partial charge in [-0.15, -0.1) is 0 Å². The average molecular weight is 251 g/mol. The largest absolute Gasteiger partial charge is 0.462 e. The fourth-order valence-corrected chi connectivity index (χ4v) is 1.43. The second kappa shape index (κ2) is 6.76. The first-order chi connectivity index (χ1) is 8.52. The van der Waals surface area contributed by atoms with Gasteiger partial charge in [0.15, 0.2) is 6.54 Å². The van der Waals surface area contributed by atoms with E-state index in [0.717, 1.165) is 4.90 Å². The van der Waals surface area contributed by atoms with Gasteiger partial charge in [0.2, 0.25) is 0 Å². The van der Waals surface area contributed by atoms with Gasteiger partial charge in [0.05, 0.1) is 26.3 Å². The topological polar surface area (TPSA) is 59.8 Å². The van der Waals surface area contributed by atoms with Gasteiger partial charge in [0.25, 0.3) is 5.91 Å². The first-order valence-corrected chi connectivity index (χ1v) is 5.89. The van der Waals surface area contributed by atoms with Gasteiger partial charge in [-0.05, 0) is 31.2 Å². The number of hydrogen-bond acceptors (Lipinski definition) is 3. The van der Waals surface area contributed by atoms with Crippen LogP contribution in [0, 0.1) is 0 Å². The first-order valence-electron chi connectivity index (χ1n) is 5.89. The minimum Gasteiger partial charge on any atom is -0.462 e. The second-order valence-corrected chi connectivity index (χ2v) is 4.23. The van der Waals surface area contributed by atoms with Gasteiger partial charge in [-0.1, -0.05) is 0 Å². The van der Waals surface area contributed by atoms with Crippen molar-refractivity contribution in [3.8, 4) is 0 Å². The van der Waals surface area contributed by atoms with Crippen LogP contribution in [-0.4, -0.2) is 39.1 Å². The standard InChI is InChI=1S/C13H18N2O3/c1-4-18-13(17)10-5-7-11(8-6-10)14-12(16)9-15(2)3/h5-8H,4,9H2,1-3H3,(H,14,16)/p+1. The quantitative estimate of drug-likeness (QED) is 0.721. The molecule has 98 valence electrons. The summed E-state index contributed by atoms with van der Waals surface area (Å²) >= 11 is 0. The van der Waals surface area contributed by atoms with Crippen LogP contribution in [0.5, 0.6) is 0 Å². The van der Waals surface area contributed by atoms with Crippen LogP contribution < -0.4 is 10.2 Å². The minimum atomic E-state index is -0.354. The molecule has 0 aromatic heterocycles. The molecule has 0 bridgehead atoms. The van der Waals surface area contributed by atoms with Crippen molar-refractivity contribution in [1.82, 2.24) is 0 Å². The number of ether oxygens (including phenoxy) is 1. The van der Waals surface area contributed by atoms with Crippen molar-refractivity contribution in [2.24, 2.45) is 0 Å². The molecular weight excluding hydrogens is 232 g/mol. The zero-order chi connectivity index (χ0) is 13.5. The van der Waals surface area contributed by atoms with E-state index >= 15 is 0 Å². The molecule has 0 aliphatic rings. The molecule has 18 heavy (non-hydrogen) atoms. The Bertz CT molecular complexity index is 413. The molecule has 0 fully saturated rings. The third kappa shape index (κ3) is 4.55. The number of nitrogens with one attached hydrogen (secondary N) is 2. The second-order valence-electron chi connectivity index (χ2n) is 4.23. The summed E-state index contributed by atoms with van der Waals surface area (Å²) in [6.45, 7) is 2.51. The Labute approximate surface area is 107 Å². The lowest BCUT2D eigenvalue weighted by molar-refractivity contribution is -0.849. The predicted octanol–water partition coefficient (Wildman–Crippen LogP) is -0.0537. The third-order valence-electron chi connectivity index (χ3n) is 2.19. The van der Waals surface area contributed by atoms with E-state index in [2.05, 4.69) is 5.32 Å². The zero-order valence-electron chi connectivity index (χ0n) is 10.9. The average Bonchev–Trinajstić information content (AvgIpc) is 2.29. The fourth-order valence-electron chi connectivity index (χ4n) is 1.43. The molecule has 2 N–H and O–H groups in total. The summed E-state index contributed by atoms with van der Waals surface area (Å²) in [5, 5.41) is 2.76. The summed E-state index contributed by atoms with van der Waals surface area (Å²) in [7, 11) is 3.81. The van der Waals surface area contributed by atoms with Gasteiger partial charge in [-0.3, -0.25) is 4.79 Å². The Morgan fingerprint density at radius 1 is 1.22 bits per heavy atom. The van der Waals surface area contributed by atoms with E-state index in [1.54, 1.807) is 31.2 Å². The Balaban J connectivity index is 2.60. The molecule has 0 heterocycles. The van der Waals surface area contributed by atoms with Gasteiger partial charge in [-0.2, -0.15) is 0 Å². The highest BCUT2D eigenvalue weighted by Gasteiger charge is 2.08. The SMILES string of the molecule is CCOC(=O)c1ccc(NC(=O)C[NH+](C)C)cc1. The van der Waals surface area contributed by atoms with Crippen LogP contribution in [0.15, 0.2) is 24.3 Å². The minimum absolute atomic E-state index is 0.0566. The first kappa shape index (κ1) is 14.2. The van der Waals surface area contributed by atoms with Crippen molar-refractivity contribution in [3.63, 3.8) is 0 Å². The maximum Gasteiger partial charge on any atom is 0.338 e. The molecule has 0 saturated carbocycles. The molecule has 1 rings (SSSR count). The lowest BCUT2D eigenvalue weighted by atomic mass is 10.2. The number of rotatable bonds is 5. The number of carbonyl (C=O) groups is 2. The smallest absolute Gasteiger partial charge is 0.338 e. The number of esters is 1. The highest BCUT2D eigenvalue weighted by atomic mass is 16.5. The normalized spacial score (nSPS) is 10.2. The van der Waals surface area contributed by atoms with Crippen molar-refractivity contribution < 1.29 is 19.2 Å². The van der Waals surface area contributed by atoms with Gasteiger partial charge in [0, 0.05) is 5.69 Å². The summed E-state index contributed by atoms with van der Waals surface area (Å²) < 4.78 is 4.87. The van der Waals surface area contributed by atoms with Gasteiger partial charge >= 0.3 is 5.97 Å². The molecule has 5 nitrogen and oxygen atoms in total. The Kier molecular flexibility index (Phi) is 5.32. The summed E-state index contributed by atoms with van der Waals surface area (Å²) in [5.74, 6) is -0.410. The molecule has 0 aliphatic carbocycles. The Hall–Kier alpha value is -1.88. The van der Waals surface area contributed by atoms with Crippen LogP contribution in [0.2, 0.25) is 0 Å². The number of quaternary nitrogens is 1. The number of anilines is 1. The van der Waals surface area contributed by atoms with E-state index in [1.165, 1.54) is 0 Å². The van der Waals surface area contributed by atoms with Crippen LogP contribution in [0.4, 0.5) is 5.69 Å². The molecule has 0 spiro atoms. The molecule has 0 saturated heterocycles. The molecule has 1 aromatic rings. The van der Waals surface area contributed by atoms with Crippen LogP contribution in [0.1, 0.15) is 17.3 Å². The number of likely N-dealkylation sites (N-methyl/N-ethyl adjacent to an activating group) is 1. The van der Waals surface area contributed by atoms with E-state index in [4.69, 9.17) is 4.74 Å². The summed E-state index contributed by atoms with van der Waals surface area (Å²) in [4.78, 5) is 24.0. The van der Waals surface area contributed by atoms with E-state index in [9.17, 15) is 9.59 Å². The number of carbonyl (C=O) groups excluding carboxylic acids is 2. The number of amides is 1. The Morgan fingerprint density at radius 3 is 2.33 bits per heavy atom. The lowest BCUT2D eigenvalue weighted by Crippen LogP contribution is -3.06. The van der Waals surface area contributed by atoms with Crippen molar-refractivity contribution >= 4 is 17.6 Å². The van der Waals surface area contributed by atoms with Crippen molar-refractivity contribution in [2.45, 2.75) is 6.92 Å². The van der Waals surface area contributed by atoms with Gasteiger partial charge < -0.3 is 15.0 Å². The van der Waals surface area contributed by atoms with Crippen molar-refractivity contribution in [1.29, 1.82) is 0 Å². The van der Waals surface area contributed by atoms with E-state index in [1.807, 2.05) is 14.1 Å². The molecular formula is C13H19N2O3+. The molecule has 5 heteroatoms. The van der Waals surface area contributed by atoms with Crippen molar-refractivity contribution in [2.75, 3.05) is 32.6 Å². The highest BCUT2D eigenvalue weighted by molar-refractivity contribution is 5.93. The molecule has 0 aliphatic heterocycles. The van der Waals surface area contributed by atoms with Crippen LogP contribution in [-0.2, 0) is 9.53 Å². The van der Waals surface area contributed by atoms with Crippen molar-refractivity contribution in [3.05, 3.63) is 29.8 Å². The monoisotopic (exact) mass is 251 g/mol. The Morgan fingerprint density at radius 2 is 1.83 bits per heavy atom. The van der Waals surface area contributed by atoms with E-state index < -0.39 is 0 Å². The summed E-state index contributed by atoms with van der Waals surface area (Å²) in [6.07, 6.45) is 0. The van der Waals surface area contributed by atoms with Gasteiger partial charge in [-0.25, -0.2) is 4.79 Å². The van der Waals surface area contributed by atoms with Crippen LogP contribution in [0.3, 0.4) is 0 Å². The summed E-state index contributed by atoms with van der Waals surface area (Å²) in [5.41, 5.74) is 1.15. The number of hydrogen-bond donors (Lipinski definition) is 2. The molecule has 0 radical (unpaired) electrons. The van der Waals surface area contributed by atoms with E-state index in [0.29, 0.717) is 24.4 Å². The van der Waals surface area contributed by atoms with Crippen LogP contribution >= 0.6 is 0 Å². The maximum absolute atomic E-state index is 11.5.